The quantitative estimate of drug-likeness (QED) is 0.305. The van der Waals surface area contributed by atoms with Gasteiger partial charge < -0.3 is 11.1 Å². The van der Waals surface area contributed by atoms with Crippen molar-refractivity contribution in [1.82, 2.24) is 5.32 Å². The number of nitrogens with two attached hydrogens (primary N) is 1. The largest absolute Gasteiger partial charge is 0.385 e. The molecule has 0 spiro atoms. The average molecular weight is 199 g/mol. The highest BCUT2D eigenvalue weighted by Crippen LogP contribution is 2.09. The van der Waals surface area contributed by atoms with Gasteiger partial charge in [-0.3, -0.25) is 0 Å². The van der Waals surface area contributed by atoms with Crippen LogP contribution in [0.3, 0.4) is 0 Å². The van der Waals surface area contributed by atoms with Crippen LogP contribution in [0.1, 0.15) is 28.6 Å². The van der Waals surface area contributed by atoms with Gasteiger partial charge in [0.1, 0.15) is 5.84 Å². The molecule has 5 heteroatoms. The molecule has 3 N–H and O–H groups in total. The van der Waals surface area contributed by atoms with Crippen LogP contribution in [0, 0.1) is 5.92 Å². The monoisotopic (exact) mass is 199 g/mol. The molecule has 0 aromatic carbocycles. The number of nitrogens with one attached hydrogen (secondary N) is 1. The molecule has 0 aliphatic carbocycles. The molecule has 0 unspecified atom stereocenters. The summed E-state index contributed by atoms with van der Waals surface area (Å²) in [7, 11) is 0. The van der Waals surface area contributed by atoms with Gasteiger partial charge in [-0.1, -0.05) is 0 Å². The molecule has 1 fully saturated rings. The lowest BCUT2D eigenvalue weighted by Gasteiger charge is -2.08. The fourth-order valence-electron chi connectivity index (χ4n) is 1.20. The summed E-state index contributed by atoms with van der Waals surface area (Å²) in [4.78, 5) is 0. The Labute approximate surface area is 86.3 Å². The summed E-state index contributed by atoms with van der Waals surface area (Å²) in [6.45, 7) is 7.83. The Morgan fingerprint density at radius 2 is 2.21 bits per heavy atom. The van der Waals surface area contributed by atoms with Gasteiger partial charge in [-0.25, -0.2) is 0 Å². The zero-order valence-electron chi connectivity index (χ0n) is 9.12. The maximum absolute atomic E-state index is 5.76. The standard InChI is InChI=1S/C9H19N5.H2/c1-9(2,3)13-14-12-8(10)7-4-5-11-6-7;/h7,11H,4-6H2,1-3H3,(H2,10,12,13);1H/t7-;/m1./s1. The Morgan fingerprint density at radius 1 is 1.50 bits per heavy atom. The van der Waals surface area contributed by atoms with Gasteiger partial charge in [0.25, 0.3) is 0 Å². The topological polar surface area (TPSA) is 75.1 Å². The Bertz CT molecular complexity index is 237. The van der Waals surface area contributed by atoms with Crippen LogP contribution in [0.15, 0.2) is 15.4 Å². The van der Waals surface area contributed by atoms with E-state index in [4.69, 9.17) is 5.73 Å². The molecule has 0 saturated carbocycles. The molecule has 1 heterocycles. The zero-order valence-corrected chi connectivity index (χ0v) is 9.12. The Hall–Kier alpha value is -0.970. The highest BCUT2D eigenvalue weighted by atomic mass is 15.4. The summed E-state index contributed by atoms with van der Waals surface area (Å²) in [6.07, 6.45) is 1.04. The van der Waals surface area contributed by atoms with Crippen molar-refractivity contribution in [2.24, 2.45) is 27.1 Å². The van der Waals surface area contributed by atoms with Gasteiger partial charge >= 0.3 is 0 Å². The fraction of sp³-hybridized carbons (Fsp3) is 0.889. The first-order chi connectivity index (χ1) is 6.49. The van der Waals surface area contributed by atoms with E-state index in [1.54, 1.807) is 0 Å². The number of rotatable bonds is 2. The highest BCUT2D eigenvalue weighted by molar-refractivity contribution is 5.83. The van der Waals surface area contributed by atoms with Gasteiger partial charge in [-0.05, 0) is 39.0 Å². The number of nitrogens with zero attached hydrogens (tertiary/aromatic N) is 3. The molecule has 0 bridgehead atoms. The van der Waals surface area contributed by atoms with E-state index >= 15 is 0 Å². The second-order valence-corrected chi connectivity index (χ2v) is 4.57. The minimum Gasteiger partial charge on any atom is -0.385 e. The smallest absolute Gasteiger partial charge is 0.128 e. The van der Waals surface area contributed by atoms with Crippen LogP contribution in [0.2, 0.25) is 0 Å². The summed E-state index contributed by atoms with van der Waals surface area (Å²) < 4.78 is 0. The summed E-state index contributed by atoms with van der Waals surface area (Å²) >= 11 is 0. The van der Waals surface area contributed by atoms with E-state index in [0.717, 1.165) is 19.5 Å². The van der Waals surface area contributed by atoms with E-state index in [-0.39, 0.29) is 6.97 Å². The normalized spacial score (nSPS) is 24.8. The Balaban J connectivity index is 0.00000196. The van der Waals surface area contributed by atoms with E-state index in [1.165, 1.54) is 0 Å². The maximum atomic E-state index is 5.76. The molecule has 1 atom stereocenters. The van der Waals surface area contributed by atoms with Crippen molar-refractivity contribution in [2.75, 3.05) is 13.1 Å². The van der Waals surface area contributed by atoms with Crippen molar-refractivity contribution in [3.05, 3.63) is 0 Å². The van der Waals surface area contributed by atoms with E-state index < -0.39 is 0 Å². The molecule has 1 rings (SSSR count). The molecule has 0 aromatic heterocycles. The van der Waals surface area contributed by atoms with E-state index in [9.17, 15) is 0 Å². The molecule has 0 radical (unpaired) electrons. The zero-order chi connectivity index (χ0) is 10.6. The first kappa shape index (κ1) is 11.1. The molecule has 0 aromatic rings. The van der Waals surface area contributed by atoms with Crippen molar-refractivity contribution in [3.63, 3.8) is 0 Å². The summed E-state index contributed by atoms with van der Waals surface area (Å²) in [5.41, 5.74) is 5.58. The van der Waals surface area contributed by atoms with Gasteiger partial charge in [-0.2, -0.15) is 5.11 Å². The van der Waals surface area contributed by atoms with E-state index in [2.05, 4.69) is 20.8 Å². The lowest BCUT2D eigenvalue weighted by molar-refractivity contribution is 0.540. The second kappa shape index (κ2) is 4.50. The van der Waals surface area contributed by atoms with Gasteiger partial charge in [0, 0.05) is 13.9 Å². The van der Waals surface area contributed by atoms with Crippen LogP contribution in [-0.2, 0) is 0 Å². The van der Waals surface area contributed by atoms with Gasteiger partial charge in [0.2, 0.25) is 0 Å². The van der Waals surface area contributed by atoms with Crippen molar-refractivity contribution < 1.29 is 1.43 Å². The van der Waals surface area contributed by atoms with E-state index in [1.807, 2.05) is 20.8 Å². The molecular weight excluding hydrogens is 178 g/mol. The molecular formula is C9H21N5. The first-order valence-electron chi connectivity index (χ1n) is 4.95. The van der Waals surface area contributed by atoms with Gasteiger partial charge in [-0.15, -0.1) is 5.10 Å². The minimum absolute atomic E-state index is 0. The van der Waals surface area contributed by atoms with Crippen molar-refractivity contribution >= 4 is 5.84 Å². The Kier molecular flexibility index (Phi) is 3.57. The van der Waals surface area contributed by atoms with E-state index in [0.29, 0.717) is 11.8 Å². The molecule has 14 heavy (non-hydrogen) atoms. The van der Waals surface area contributed by atoms with Crippen molar-refractivity contribution in [1.29, 1.82) is 0 Å². The van der Waals surface area contributed by atoms with Crippen LogP contribution in [-0.4, -0.2) is 24.5 Å². The molecule has 1 aliphatic rings. The predicted molar refractivity (Wildman–Crippen MR) is 59.3 cm³/mol. The van der Waals surface area contributed by atoms with Crippen LogP contribution in [0.25, 0.3) is 0 Å². The first-order valence-corrected chi connectivity index (χ1v) is 4.95. The number of hydrogen-bond donors (Lipinski definition) is 2. The van der Waals surface area contributed by atoms with Gasteiger partial charge in [0.15, 0.2) is 0 Å². The summed E-state index contributed by atoms with van der Waals surface area (Å²) in [5, 5.41) is 14.9. The van der Waals surface area contributed by atoms with Gasteiger partial charge in [0.05, 0.1) is 5.54 Å². The minimum atomic E-state index is -0.183. The lowest BCUT2D eigenvalue weighted by Crippen LogP contribution is -2.25. The fourth-order valence-corrected chi connectivity index (χ4v) is 1.20. The Morgan fingerprint density at radius 3 is 2.71 bits per heavy atom. The summed E-state index contributed by atoms with van der Waals surface area (Å²) in [6, 6.07) is 0. The third-order valence-corrected chi connectivity index (χ3v) is 1.98. The molecule has 1 aliphatic heterocycles. The lowest BCUT2D eigenvalue weighted by atomic mass is 10.1. The molecule has 0 amide bonds. The SMILES string of the molecule is CC(C)(C)N=N/N=C(\N)[C@@H]1CCNC1.[HH]. The highest BCUT2D eigenvalue weighted by Gasteiger charge is 2.18. The molecule has 82 valence electrons. The number of hydrogen-bond acceptors (Lipinski definition) is 3. The number of amidine groups is 1. The maximum Gasteiger partial charge on any atom is 0.128 e. The third kappa shape index (κ3) is 3.83. The molecule has 1 saturated heterocycles. The van der Waals surface area contributed by atoms with Crippen LogP contribution in [0.4, 0.5) is 0 Å². The molecule has 5 nitrogen and oxygen atoms in total. The second-order valence-electron chi connectivity index (χ2n) is 4.57. The van der Waals surface area contributed by atoms with Crippen LogP contribution < -0.4 is 11.1 Å². The van der Waals surface area contributed by atoms with Crippen LogP contribution in [0.5, 0.6) is 0 Å². The predicted octanol–water partition coefficient (Wildman–Crippen LogP) is 1.36. The van der Waals surface area contributed by atoms with Crippen molar-refractivity contribution in [3.8, 4) is 0 Å². The average Bonchev–Trinajstić information content (AvgIpc) is 2.53. The summed E-state index contributed by atoms with van der Waals surface area (Å²) in [5.74, 6) is 0.914. The van der Waals surface area contributed by atoms with Crippen LogP contribution >= 0.6 is 0 Å². The third-order valence-electron chi connectivity index (χ3n) is 1.98. The van der Waals surface area contributed by atoms with Crippen molar-refractivity contribution in [2.45, 2.75) is 32.7 Å².